The van der Waals surface area contributed by atoms with Crippen molar-refractivity contribution in [1.82, 2.24) is 15.3 Å². The molecule has 0 unspecified atom stereocenters. The number of nitrogens with one attached hydrogen (secondary N) is 3. The molecule has 0 aliphatic carbocycles. The number of rotatable bonds is 6. The number of amides is 2. The Morgan fingerprint density at radius 1 is 1.15 bits per heavy atom. The normalized spacial score (nSPS) is 13.9. The minimum absolute atomic E-state index is 0.222. The van der Waals surface area contributed by atoms with E-state index in [1.54, 1.807) is 6.33 Å². The minimum atomic E-state index is -0.222. The molecule has 1 fully saturated rings. The zero-order valence-corrected chi connectivity index (χ0v) is 15.8. The van der Waals surface area contributed by atoms with E-state index >= 15 is 0 Å². The van der Waals surface area contributed by atoms with Gasteiger partial charge < -0.3 is 25.6 Å². The van der Waals surface area contributed by atoms with Gasteiger partial charge in [0.05, 0.1) is 13.2 Å². The second-order valence-electron chi connectivity index (χ2n) is 6.49. The van der Waals surface area contributed by atoms with Crippen molar-refractivity contribution in [2.75, 3.05) is 54.9 Å². The number of hydrogen-bond donors (Lipinski definition) is 3. The number of nitrogens with zero attached hydrogens (tertiary/aromatic N) is 3. The van der Waals surface area contributed by atoms with E-state index in [1.807, 2.05) is 38.1 Å². The Balaban J connectivity index is 1.42. The van der Waals surface area contributed by atoms with E-state index in [1.165, 1.54) is 5.56 Å². The lowest BCUT2D eigenvalue weighted by molar-refractivity contribution is 0.122. The highest BCUT2D eigenvalue weighted by atomic mass is 16.5. The Morgan fingerprint density at radius 2 is 1.96 bits per heavy atom. The Morgan fingerprint density at radius 3 is 2.74 bits per heavy atom. The molecule has 2 heterocycles. The molecular weight excluding hydrogens is 344 g/mol. The van der Waals surface area contributed by atoms with Gasteiger partial charge in [0.1, 0.15) is 18.0 Å². The Bertz CT molecular complexity index is 777. The Labute approximate surface area is 159 Å². The van der Waals surface area contributed by atoms with Gasteiger partial charge in [-0.1, -0.05) is 17.7 Å². The standard InChI is InChI=1S/C19H26N6O2/c1-14-3-4-16(15(2)11-14)24-19(26)21-6-5-20-17-12-18(23-13-22-17)25-7-9-27-10-8-25/h3-4,11-13H,5-10H2,1-2H3,(H,20,22,23)(H2,21,24,26). The average Bonchev–Trinajstić information content (AvgIpc) is 2.68. The highest BCUT2D eigenvalue weighted by Crippen LogP contribution is 2.16. The minimum Gasteiger partial charge on any atom is -0.378 e. The summed E-state index contributed by atoms with van der Waals surface area (Å²) in [6.45, 7) is 8.14. The van der Waals surface area contributed by atoms with Gasteiger partial charge >= 0.3 is 6.03 Å². The number of aryl methyl sites for hydroxylation is 2. The fourth-order valence-electron chi connectivity index (χ4n) is 2.90. The molecule has 2 aromatic rings. The van der Waals surface area contributed by atoms with E-state index in [0.29, 0.717) is 26.3 Å². The van der Waals surface area contributed by atoms with Crippen LogP contribution in [0.5, 0.6) is 0 Å². The molecule has 1 aliphatic rings. The topological polar surface area (TPSA) is 91.4 Å². The van der Waals surface area contributed by atoms with Crippen molar-refractivity contribution in [3.8, 4) is 0 Å². The Hall–Kier alpha value is -2.87. The summed E-state index contributed by atoms with van der Waals surface area (Å²) in [5.74, 6) is 1.62. The zero-order valence-electron chi connectivity index (χ0n) is 15.8. The number of carbonyl (C=O) groups excluding carboxylic acids is 1. The highest BCUT2D eigenvalue weighted by molar-refractivity contribution is 5.90. The summed E-state index contributed by atoms with van der Waals surface area (Å²) >= 11 is 0. The lowest BCUT2D eigenvalue weighted by Gasteiger charge is -2.27. The molecule has 0 spiro atoms. The maximum atomic E-state index is 12.0. The van der Waals surface area contributed by atoms with Gasteiger partial charge in [0.2, 0.25) is 0 Å². The van der Waals surface area contributed by atoms with Gasteiger partial charge in [0.15, 0.2) is 0 Å². The number of hydrogen-bond acceptors (Lipinski definition) is 6. The number of anilines is 3. The van der Waals surface area contributed by atoms with E-state index < -0.39 is 0 Å². The molecule has 1 aliphatic heterocycles. The molecule has 144 valence electrons. The Kier molecular flexibility index (Phi) is 6.43. The molecule has 3 N–H and O–H groups in total. The molecule has 1 aromatic carbocycles. The summed E-state index contributed by atoms with van der Waals surface area (Å²) in [6, 6.07) is 7.63. The van der Waals surface area contributed by atoms with Crippen molar-refractivity contribution in [2.24, 2.45) is 0 Å². The van der Waals surface area contributed by atoms with Crippen LogP contribution in [0.2, 0.25) is 0 Å². The molecule has 1 saturated heterocycles. The van der Waals surface area contributed by atoms with Crippen LogP contribution in [0.25, 0.3) is 0 Å². The van der Waals surface area contributed by atoms with Gasteiger partial charge in [-0.05, 0) is 25.5 Å². The highest BCUT2D eigenvalue weighted by Gasteiger charge is 2.13. The monoisotopic (exact) mass is 370 g/mol. The van der Waals surface area contributed by atoms with Crippen LogP contribution in [-0.2, 0) is 4.74 Å². The van der Waals surface area contributed by atoms with E-state index in [-0.39, 0.29) is 6.03 Å². The first-order valence-electron chi connectivity index (χ1n) is 9.12. The van der Waals surface area contributed by atoms with Crippen molar-refractivity contribution in [3.05, 3.63) is 41.7 Å². The second kappa shape index (κ2) is 9.18. The van der Waals surface area contributed by atoms with Crippen molar-refractivity contribution >= 4 is 23.4 Å². The van der Waals surface area contributed by atoms with Gasteiger partial charge in [0, 0.05) is 37.9 Å². The third-order valence-electron chi connectivity index (χ3n) is 4.33. The molecule has 3 rings (SSSR count). The molecule has 27 heavy (non-hydrogen) atoms. The number of aromatic nitrogens is 2. The first-order chi connectivity index (χ1) is 13.1. The number of carbonyl (C=O) groups is 1. The van der Waals surface area contributed by atoms with Gasteiger partial charge in [0.25, 0.3) is 0 Å². The second-order valence-corrected chi connectivity index (χ2v) is 6.49. The van der Waals surface area contributed by atoms with Crippen LogP contribution in [0.3, 0.4) is 0 Å². The number of urea groups is 1. The van der Waals surface area contributed by atoms with E-state index in [2.05, 4.69) is 30.8 Å². The van der Waals surface area contributed by atoms with Crippen LogP contribution < -0.4 is 20.9 Å². The van der Waals surface area contributed by atoms with E-state index in [4.69, 9.17) is 4.74 Å². The fraction of sp³-hybridized carbons (Fsp3) is 0.421. The van der Waals surface area contributed by atoms with Crippen molar-refractivity contribution < 1.29 is 9.53 Å². The predicted molar refractivity (Wildman–Crippen MR) is 106 cm³/mol. The van der Waals surface area contributed by atoms with Crippen LogP contribution in [0.4, 0.5) is 22.1 Å². The van der Waals surface area contributed by atoms with Crippen LogP contribution in [0.1, 0.15) is 11.1 Å². The summed E-state index contributed by atoms with van der Waals surface area (Å²) in [6.07, 6.45) is 1.55. The number of morpholine rings is 1. The quantitative estimate of drug-likeness (QED) is 0.675. The third-order valence-corrected chi connectivity index (χ3v) is 4.33. The predicted octanol–water partition coefficient (Wildman–Crippen LogP) is 2.16. The van der Waals surface area contributed by atoms with Gasteiger partial charge in [-0.2, -0.15) is 0 Å². The van der Waals surface area contributed by atoms with E-state index in [0.717, 1.165) is 36.0 Å². The van der Waals surface area contributed by atoms with Crippen LogP contribution >= 0.6 is 0 Å². The molecule has 0 saturated carbocycles. The molecule has 0 bridgehead atoms. The smallest absolute Gasteiger partial charge is 0.319 e. The number of benzene rings is 1. The van der Waals surface area contributed by atoms with Gasteiger partial charge in [-0.3, -0.25) is 0 Å². The maximum Gasteiger partial charge on any atom is 0.319 e. The fourth-order valence-corrected chi connectivity index (χ4v) is 2.90. The number of ether oxygens (including phenoxy) is 1. The summed E-state index contributed by atoms with van der Waals surface area (Å²) in [4.78, 5) is 22.8. The van der Waals surface area contributed by atoms with Crippen LogP contribution in [0.15, 0.2) is 30.6 Å². The molecular formula is C19H26N6O2. The summed E-state index contributed by atoms with van der Waals surface area (Å²) < 4.78 is 5.36. The molecule has 1 aromatic heterocycles. The molecule has 8 nitrogen and oxygen atoms in total. The molecule has 8 heteroatoms. The average molecular weight is 370 g/mol. The lowest BCUT2D eigenvalue weighted by atomic mass is 10.1. The summed E-state index contributed by atoms with van der Waals surface area (Å²) in [7, 11) is 0. The molecule has 0 atom stereocenters. The van der Waals surface area contributed by atoms with Crippen LogP contribution in [-0.4, -0.2) is 55.4 Å². The van der Waals surface area contributed by atoms with E-state index in [9.17, 15) is 4.79 Å². The van der Waals surface area contributed by atoms with Crippen molar-refractivity contribution in [1.29, 1.82) is 0 Å². The molecule has 0 radical (unpaired) electrons. The van der Waals surface area contributed by atoms with Crippen molar-refractivity contribution in [3.63, 3.8) is 0 Å². The first-order valence-corrected chi connectivity index (χ1v) is 9.12. The maximum absolute atomic E-state index is 12.0. The largest absolute Gasteiger partial charge is 0.378 e. The van der Waals surface area contributed by atoms with Gasteiger partial charge in [-0.25, -0.2) is 14.8 Å². The van der Waals surface area contributed by atoms with Crippen molar-refractivity contribution in [2.45, 2.75) is 13.8 Å². The zero-order chi connectivity index (χ0) is 19.1. The SMILES string of the molecule is Cc1ccc(NC(=O)NCCNc2cc(N3CCOCC3)ncn2)c(C)c1. The van der Waals surface area contributed by atoms with Crippen LogP contribution in [0, 0.1) is 13.8 Å². The van der Waals surface area contributed by atoms with Gasteiger partial charge in [-0.15, -0.1) is 0 Å². The summed E-state index contributed by atoms with van der Waals surface area (Å²) in [5.41, 5.74) is 3.03. The first kappa shape index (κ1) is 18.9. The lowest BCUT2D eigenvalue weighted by Crippen LogP contribution is -2.36. The summed E-state index contributed by atoms with van der Waals surface area (Å²) in [5, 5.41) is 8.92. The molecule has 2 amide bonds. The third kappa shape index (κ3) is 5.55.